The Bertz CT molecular complexity index is 397. The van der Waals surface area contributed by atoms with E-state index in [0.29, 0.717) is 17.0 Å². The van der Waals surface area contributed by atoms with Crippen LogP contribution in [-0.4, -0.2) is 12.6 Å². The predicted molar refractivity (Wildman–Crippen MR) is 80.3 cm³/mol. The Morgan fingerprint density at radius 3 is 2.56 bits per heavy atom. The van der Waals surface area contributed by atoms with Gasteiger partial charge in [0.05, 0.1) is 11.4 Å². The van der Waals surface area contributed by atoms with E-state index in [9.17, 15) is 0 Å². The van der Waals surface area contributed by atoms with Gasteiger partial charge in [-0.25, -0.2) is 0 Å². The Labute approximate surface area is 115 Å². The number of anilines is 2. The van der Waals surface area contributed by atoms with E-state index in [1.54, 1.807) is 0 Å². The molecular weight excluding hydrogens is 244 g/mol. The molecule has 1 aromatic carbocycles. The second-order valence-electron chi connectivity index (χ2n) is 5.69. The van der Waals surface area contributed by atoms with Gasteiger partial charge in [0, 0.05) is 17.6 Å². The first-order valence-corrected chi connectivity index (χ1v) is 7.27. The molecule has 0 atom stereocenters. The molecule has 0 amide bonds. The average Bonchev–Trinajstić information content (AvgIpc) is 2.79. The minimum atomic E-state index is 0.640. The minimum absolute atomic E-state index is 0.640. The fourth-order valence-corrected chi connectivity index (χ4v) is 3.02. The van der Waals surface area contributed by atoms with E-state index >= 15 is 0 Å². The SMILES string of the molecule is CC(C)CN(c1ccc(Cl)cc1N)C1CCCC1. The van der Waals surface area contributed by atoms with Crippen molar-refractivity contribution in [1.82, 2.24) is 0 Å². The van der Waals surface area contributed by atoms with Crippen molar-refractivity contribution in [3.63, 3.8) is 0 Å². The second kappa shape index (κ2) is 5.83. The molecule has 18 heavy (non-hydrogen) atoms. The maximum absolute atomic E-state index is 6.14. The van der Waals surface area contributed by atoms with Crippen LogP contribution in [0.4, 0.5) is 11.4 Å². The van der Waals surface area contributed by atoms with Crippen LogP contribution in [0.15, 0.2) is 18.2 Å². The maximum Gasteiger partial charge on any atom is 0.0603 e. The van der Waals surface area contributed by atoms with Crippen molar-refractivity contribution in [1.29, 1.82) is 0 Å². The topological polar surface area (TPSA) is 29.3 Å². The number of nitrogens with two attached hydrogens (primary N) is 1. The van der Waals surface area contributed by atoms with Gasteiger partial charge in [-0.15, -0.1) is 0 Å². The van der Waals surface area contributed by atoms with Gasteiger partial charge in [0.25, 0.3) is 0 Å². The molecular formula is C15H23ClN2. The number of hydrogen-bond donors (Lipinski definition) is 1. The lowest BCUT2D eigenvalue weighted by Gasteiger charge is -2.33. The molecule has 1 aliphatic carbocycles. The van der Waals surface area contributed by atoms with E-state index in [1.807, 2.05) is 12.1 Å². The molecule has 2 N–H and O–H groups in total. The summed E-state index contributed by atoms with van der Waals surface area (Å²) in [5.74, 6) is 0.640. The highest BCUT2D eigenvalue weighted by Crippen LogP contribution is 2.33. The maximum atomic E-state index is 6.14. The summed E-state index contributed by atoms with van der Waals surface area (Å²) in [6, 6.07) is 6.52. The zero-order valence-electron chi connectivity index (χ0n) is 11.3. The first kappa shape index (κ1) is 13.5. The van der Waals surface area contributed by atoms with Crippen LogP contribution >= 0.6 is 11.6 Å². The fraction of sp³-hybridized carbons (Fsp3) is 0.600. The van der Waals surface area contributed by atoms with Crippen LogP contribution in [-0.2, 0) is 0 Å². The molecule has 2 nitrogen and oxygen atoms in total. The molecule has 1 aromatic rings. The van der Waals surface area contributed by atoms with Crippen LogP contribution in [0.2, 0.25) is 5.02 Å². The Kier molecular flexibility index (Phi) is 4.39. The molecule has 0 bridgehead atoms. The minimum Gasteiger partial charge on any atom is -0.397 e. The molecule has 0 heterocycles. The van der Waals surface area contributed by atoms with Gasteiger partial charge >= 0.3 is 0 Å². The molecule has 0 spiro atoms. The van der Waals surface area contributed by atoms with E-state index < -0.39 is 0 Å². The smallest absolute Gasteiger partial charge is 0.0603 e. The summed E-state index contributed by atoms with van der Waals surface area (Å²) >= 11 is 5.99. The Balaban J connectivity index is 2.26. The molecule has 0 radical (unpaired) electrons. The van der Waals surface area contributed by atoms with Gasteiger partial charge in [-0.3, -0.25) is 0 Å². The van der Waals surface area contributed by atoms with Gasteiger partial charge in [-0.05, 0) is 37.0 Å². The Morgan fingerprint density at radius 2 is 2.00 bits per heavy atom. The first-order chi connectivity index (χ1) is 8.58. The summed E-state index contributed by atoms with van der Waals surface area (Å²) in [5.41, 5.74) is 8.09. The van der Waals surface area contributed by atoms with E-state index in [2.05, 4.69) is 24.8 Å². The second-order valence-corrected chi connectivity index (χ2v) is 6.12. The highest BCUT2D eigenvalue weighted by atomic mass is 35.5. The lowest BCUT2D eigenvalue weighted by atomic mass is 10.1. The normalized spacial score (nSPS) is 16.4. The summed E-state index contributed by atoms with van der Waals surface area (Å²) in [5, 5.41) is 0.715. The lowest BCUT2D eigenvalue weighted by Crippen LogP contribution is -2.36. The summed E-state index contributed by atoms with van der Waals surface area (Å²) in [7, 11) is 0. The molecule has 2 rings (SSSR count). The van der Waals surface area contributed by atoms with Crippen LogP contribution in [0.5, 0.6) is 0 Å². The van der Waals surface area contributed by atoms with Gasteiger partial charge in [-0.2, -0.15) is 0 Å². The number of halogens is 1. The van der Waals surface area contributed by atoms with Gasteiger partial charge < -0.3 is 10.6 Å². The third kappa shape index (κ3) is 3.11. The number of nitrogens with zero attached hydrogens (tertiary/aromatic N) is 1. The van der Waals surface area contributed by atoms with Crippen molar-refractivity contribution in [2.24, 2.45) is 5.92 Å². The largest absolute Gasteiger partial charge is 0.397 e. The number of benzene rings is 1. The Hall–Kier alpha value is -0.890. The van der Waals surface area contributed by atoms with Crippen molar-refractivity contribution < 1.29 is 0 Å². The lowest BCUT2D eigenvalue weighted by molar-refractivity contribution is 0.536. The summed E-state index contributed by atoms with van der Waals surface area (Å²) < 4.78 is 0. The van der Waals surface area contributed by atoms with Gasteiger partial charge in [0.2, 0.25) is 0 Å². The number of nitrogen functional groups attached to an aromatic ring is 1. The van der Waals surface area contributed by atoms with Crippen molar-refractivity contribution >= 4 is 23.0 Å². The highest BCUT2D eigenvalue weighted by molar-refractivity contribution is 6.31. The van der Waals surface area contributed by atoms with Crippen LogP contribution in [0.25, 0.3) is 0 Å². The molecule has 0 saturated heterocycles. The third-order valence-corrected chi connectivity index (χ3v) is 3.86. The number of hydrogen-bond acceptors (Lipinski definition) is 2. The van der Waals surface area contributed by atoms with Crippen LogP contribution in [0.3, 0.4) is 0 Å². The van der Waals surface area contributed by atoms with Crippen molar-refractivity contribution in [2.75, 3.05) is 17.2 Å². The summed E-state index contributed by atoms with van der Waals surface area (Å²) in [4.78, 5) is 2.49. The number of rotatable bonds is 4. The molecule has 0 aromatic heterocycles. The van der Waals surface area contributed by atoms with Gasteiger partial charge in [0.15, 0.2) is 0 Å². The average molecular weight is 267 g/mol. The predicted octanol–water partition coefficient (Wildman–Crippen LogP) is 4.33. The summed E-state index contributed by atoms with van der Waals surface area (Å²) in [6.45, 7) is 5.58. The van der Waals surface area contributed by atoms with E-state index in [4.69, 9.17) is 17.3 Å². The standard InChI is InChI=1S/C15H23ClN2/c1-11(2)10-18(13-5-3-4-6-13)15-8-7-12(16)9-14(15)17/h7-9,11,13H,3-6,10,17H2,1-2H3. The third-order valence-electron chi connectivity index (χ3n) is 3.63. The molecule has 0 aliphatic heterocycles. The molecule has 0 unspecified atom stereocenters. The van der Waals surface area contributed by atoms with Gasteiger partial charge in [0.1, 0.15) is 0 Å². The van der Waals surface area contributed by atoms with Crippen LogP contribution in [0, 0.1) is 5.92 Å². The van der Waals surface area contributed by atoms with Crippen molar-refractivity contribution in [2.45, 2.75) is 45.6 Å². The van der Waals surface area contributed by atoms with Crippen molar-refractivity contribution in [3.05, 3.63) is 23.2 Å². The van der Waals surface area contributed by atoms with E-state index in [-0.39, 0.29) is 0 Å². The highest BCUT2D eigenvalue weighted by Gasteiger charge is 2.24. The van der Waals surface area contributed by atoms with Crippen LogP contribution in [0.1, 0.15) is 39.5 Å². The quantitative estimate of drug-likeness (QED) is 0.822. The van der Waals surface area contributed by atoms with E-state index in [0.717, 1.165) is 17.9 Å². The van der Waals surface area contributed by atoms with Gasteiger partial charge in [-0.1, -0.05) is 38.3 Å². The molecule has 100 valence electrons. The molecule has 1 aliphatic rings. The molecule has 1 fully saturated rings. The monoisotopic (exact) mass is 266 g/mol. The first-order valence-electron chi connectivity index (χ1n) is 6.89. The molecule has 3 heteroatoms. The zero-order chi connectivity index (χ0) is 13.1. The van der Waals surface area contributed by atoms with Crippen molar-refractivity contribution in [3.8, 4) is 0 Å². The molecule has 1 saturated carbocycles. The summed E-state index contributed by atoms with van der Waals surface area (Å²) in [6.07, 6.45) is 5.25. The van der Waals surface area contributed by atoms with Crippen LogP contribution < -0.4 is 10.6 Å². The zero-order valence-corrected chi connectivity index (χ0v) is 12.1. The van der Waals surface area contributed by atoms with E-state index in [1.165, 1.54) is 25.7 Å². The fourth-order valence-electron chi connectivity index (χ4n) is 2.84. The Morgan fingerprint density at radius 1 is 1.33 bits per heavy atom.